The molecule has 0 radical (unpaired) electrons. The summed E-state index contributed by atoms with van der Waals surface area (Å²) in [6.45, 7) is 0. The van der Waals surface area contributed by atoms with Crippen LogP contribution in [0.1, 0.15) is 23.1 Å². The topological polar surface area (TPSA) is 0 Å². The van der Waals surface area contributed by atoms with Gasteiger partial charge in [0.05, 0.1) is 0 Å². The first-order valence-electron chi connectivity index (χ1n) is 8.18. The van der Waals surface area contributed by atoms with E-state index in [1.165, 1.54) is 55.0 Å². The molecular formula is C23H14. The Labute approximate surface area is 134 Å². The highest BCUT2D eigenvalue weighted by molar-refractivity contribution is 6.01. The lowest BCUT2D eigenvalue weighted by Crippen LogP contribution is -2.32. The minimum absolute atomic E-state index is 1.05. The molecule has 0 atom stereocenters. The normalized spacial score (nSPS) is 15.7. The van der Waals surface area contributed by atoms with E-state index in [0.29, 0.717) is 0 Å². The van der Waals surface area contributed by atoms with Gasteiger partial charge in [0.2, 0.25) is 0 Å². The second-order valence-electron chi connectivity index (χ2n) is 6.56. The van der Waals surface area contributed by atoms with Gasteiger partial charge in [0.1, 0.15) is 0 Å². The quantitative estimate of drug-likeness (QED) is 0.589. The van der Waals surface area contributed by atoms with E-state index in [1.54, 1.807) is 0 Å². The number of allylic oxidation sites excluding steroid dienone is 1. The van der Waals surface area contributed by atoms with Gasteiger partial charge >= 0.3 is 0 Å². The van der Waals surface area contributed by atoms with Crippen molar-refractivity contribution < 1.29 is 0 Å². The van der Waals surface area contributed by atoms with Crippen molar-refractivity contribution in [2.45, 2.75) is 6.42 Å². The molecule has 3 aliphatic carbocycles. The molecule has 0 heterocycles. The fourth-order valence-corrected chi connectivity index (χ4v) is 4.54. The Morgan fingerprint density at radius 1 is 0.609 bits per heavy atom. The zero-order valence-corrected chi connectivity index (χ0v) is 12.6. The molecule has 0 fully saturated rings. The standard InChI is InChI=1S/C23H14/c1-2-7-16-14(6-1)12-15-13-21-18-9-4-3-8-17(18)19-10-5-11-20(22(15)16)23(19)21/h1-12H,13H2. The Morgan fingerprint density at radius 2 is 1.35 bits per heavy atom. The van der Waals surface area contributed by atoms with Crippen LogP contribution in [-0.4, -0.2) is 0 Å². The monoisotopic (exact) mass is 290 g/mol. The molecule has 0 aromatic heterocycles. The molecule has 0 saturated carbocycles. The highest BCUT2D eigenvalue weighted by atomic mass is 14.3. The summed E-state index contributed by atoms with van der Waals surface area (Å²) in [5, 5.41) is 2.88. The van der Waals surface area contributed by atoms with E-state index in [-0.39, 0.29) is 0 Å². The third kappa shape index (κ3) is 1.33. The maximum absolute atomic E-state index is 2.38. The molecule has 23 heavy (non-hydrogen) atoms. The Bertz CT molecular complexity index is 1170. The summed E-state index contributed by atoms with van der Waals surface area (Å²) in [6.07, 6.45) is 3.43. The molecule has 6 rings (SSSR count). The van der Waals surface area contributed by atoms with Crippen molar-refractivity contribution in [3.63, 3.8) is 0 Å². The van der Waals surface area contributed by atoms with Crippen LogP contribution in [-0.2, 0) is 0 Å². The van der Waals surface area contributed by atoms with E-state index in [0.717, 1.165) is 6.42 Å². The Hall–Kier alpha value is -2.86. The van der Waals surface area contributed by atoms with E-state index in [4.69, 9.17) is 0 Å². The van der Waals surface area contributed by atoms with Gasteiger partial charge in [-0.15, -0.1) is 0 Å². The number of hydrogen-bond donors (Lipinski definition) is 0. The third-order valence-corrected chi connectivity index (χ3v) is 5.43. The van der Waals surface area contributed by atoms with Gasteiger partial charge in [0.15, 0.2) is 0 Å². The zero-order valence-electron chi connectivity index (χ0n) is 12.6. The van der Waals surface area contributed by atoms with Crippen LogP contribution < -0.4 is 10.4 Å². The van der Waals surface area contributed by atoms with Crippen LogP contribution in [0.2, 0.25) is 0 Å². The predicted molar refractivity (Wildman–Crippen MR) is 95.2 cm³/mol. The summed E-state index contributed by atoms with van der Waals surface area (Å²) >= 11 is 0. The van der Waals surface area contributed by atoms with E-state index in [1.807, 2.05) is 0 Å². The molecule has 0 aliphatic heterocycles. The van der Waals surface area contributed by atoms with E-state index in [2.05, 4.69) is 72.8 Å². The highest BCUT2D eigenvalue weighted by Crippen LogP contribution is 2.42. The molecule has 106 valence electrons. The van der Waals surface area contributed by atoms with Gasteiger partial charge in [-0.05, 0) is 61.4 Å². The van der Waals surface area contributed by atoms with Gasteiger partial charge in [0, 0.05) is 0 Å². The second kappa shape index (κ2) is 3.91. The molecule has 0 bridgehead atoms. The third-order valence-electron chi connectivity index (χ3n) is 5.43. The predicted octanol–water partition coefficient (Wildman–Crippen LogP) is 3.87. The highest BCUT2D eigenvalue weighted by Gasteiger charge is 2.29. The van der Waals surface area contributed by atoms with Gasteiger partial charge in [-0.1, -0.05) is 72.8 Å². The van der Waals surface area contributed by atoms with Crippen LogP contribution >= 0.6 is 0 Å². The van der Waals surface area contributed by atoms with Gasteiger partial charge in [-0.25, -0.2) is 0 Å². The first-order chi connectivity index (χ1) is 11.4. The molecule has 3 aromatic carbocycles. The Morgan fingerprint density at radius 3 is 2.26 bits per heavy atom. The number of hydrogen-bond acceptors (Lipinski definition) is 0. The molecular weight excluding hydrogens is 276 g/mol. The summed E-state index contributed by atoms with van der Waals surface area (Å²) in [5.74, 6) is 0. The zero-order chi connectivity index (χ0) is 15.0. The van der Waals surface area contributed by atoms with Crippen molar-refractivity contribution in [2.75, 3.05) is 0 Å². The molecule has 0 nitrogen and oxygen atoms in total. The molecule has 0 unspecified atom stereocenters. The molecule has 3 aliphatic rings. The molecule has 0 N–H and O–H groups in total. The lowest BCUT2D eigenvalue weighted by Gasteiger charge is -2.15. The molecule has 0 saturated heterocycles. The average molecular weight is 290 g/mol. The maximum atomic E-state index is 2.38. The summed E-state index contributed by atoms with van der Waals surface area (Å²) in [5.41, 5.74) is 11.4. The van der Waals surface area contributed by atoms with Gasteiger partial charge < -0.3 is 0 Å². The van der Waals surface area contributed by atoms with Crippen molar-refractivity contribution in [3.05, 3.63) is 99.4 Å². The molecule has 0 amide bonds. The van der Waals surface area contributed by atoms with Crippen LogP contribution in [0.5, 0.6) is 0 Å². The lowest BCUT2D eigenvalue weighted by atomic mass is 9.88. The first-order valence-corrected chi connectivity index (χ1v) is 8.18. The van der Waals surface area contributed by atoms with Crippen LogP contribution in [0.3, 0.4) is 0 Å². The number of fused-ring (bicyclic) bond motifs is 6. The van der Waals surface area contributed by atoms with Gasteiger partial charge in [-0.2, -0.15) is 0 Å². The van der Waals surface area contributed by atoms with Crippen molar-refractivity contribution in [2.24, 2.45) is 0 Å². The average Bonchev–Trinajstić information content (AvgIpc) is 3.13. The SMILES string of the molecule is C1=C2CC3=c4c(cccc4=C2c2ccccc21)-c1ccccc13. The largest absolute Gasteiger partial charge is 0.0616 e. The molecule has 0 spiro atoms. The van der Waals surface area contributed by atoms with E-state index < -0.39 is 0 Å². The summed E-state index contributed by atoms with van der Waals surface area (Å²) in [7, 11) is 0. The Kier molecular flexibility index (Phi) is 1.98. The van der Waals surface area contributed by atoms with Crippen molar-refractivity contribution in [1.29, 1.82) is 0 Å². The van der Waals surface area contributed by atoms with Gasteiger partial charge in [0.25, 0.3) is 0 Å². The van der Waals surface area contributed by atoms with Crippen molar-refractivity contribution in [1.82, 2.24) is 0 Å². The molecule has 3 aromatic rings. The van der Waals surface area contributed by atoms with Crippen molar-refractivity contribution in [3.8, 4) is 11.1 Å². The van der Waals surface area contributed by atoms with E-state index >= 15 is 0 Å². The number of rotatable bonds is 0. The first kappa shape index (κ1) is 11.7. The lowest BCUT2D eigenvalue weighted by molar-refractivity contribution is 1.27. The maximum Gasteiger partial charge on any atom is -0.000661 e. The summed E-state index contributed by atoms with van der Waals surface area (Å²) in [6, 6.07) is 24.4. The Balaban J connectivity index is 1.85. The fraction of sp³-hybridized carbons (Fsp3) is 0.0435. The van der Waals surface area contributed by atoms with Crippen LogP contribution in [0.15, 0.2) is 72.3 Å². The fourth-order valence-electron chi connectivity index (χ4n) is 4.54. The molecule has 0 heteroatoms. The van der Waals surface area contributed by atoms with Crippen LogP contribution in [0.25, 0.3) is 28.3 Å². The summed E-state index contributed by atoms with van der Waals surface area (Å²) in [4.78, 5) is 0. The number of benzene rings is 3. The van der Waals surface area contributed by atoms with Crippen LogP contribution in [0.4, 0.5) is 0 Å². The second-order valence-corrected chi connectivity index (χ2v) is 6.56. The minimum atomic E-state index is 1.05. The van der Waals surface area contributed by atoms with Gasteiger partial charge in [-0.3, -0.25) is 0 Å². The summed E-state index contributed by atoms with van der Waals surface area (Å²) < 4.78 is 0. The van der Waals surface area contributed by atoms with Crippen molar-refractivity contribution >= 4 is 17.2 Å². The smallest absolute Gasteiger partial charge is 0.000661 e. The van der Waals surface area contributed by atoms with Crippen LogP contribution in [0, 0.1) is 0 Å². The van der Waals surface area contributed by atoms with E-state index in [9.17, 15) is 0 Å². The minimum Gasteiger partial charge on any atom is -0.0616 e.